The van der Waals surface area contributed by atoms with Crippen molar-refractivity contribution in [2.24, 2.45) is 0 Å². The predicted molar refractivity (Wildman–Crippen MR) is 111 cm³/mol. The summed E-state index contributed by atoms with van der Waals surface area (Å²) in [5.41, 5.74) is 2.12. The maximum atomic E-state index is 13.1. The van der Waals surface area contributed by atoms with Gasteiger partial charge in [0, 0.05) is 45.6 Å². The molecule has 146 valence electrons. The van der Waals surface area contributed by atoms with Crippen molar-refractivity contribution in [3.8, 4) is 0 Å². The first-order chi connectivity index (χ1) is 13.7. The van der Waals surface area contributed by atoms with Crippen molar-refractivity contribution in [1.82, 2.24) is 14.8 Å². The first kappa shape index (κ1) is 19.0. The number of amides is 1. The number of fused-ring (bicyclic) bond motifs is 1. The molecule has 2 heterocycles. The highest BCUT2D eigenvalue weighted by Crippen LogP contribution is 2.22. The molecule has 0 saturated carbocycles. The highest BCUT2D eigenvalue weighted by molar-refractivity contribution is 7.18. The minimum absolute atomic E-state index is 0.204. The highest BCUT2D eigenvalue weighted by Gasteiger charge is 2.19. The fourth-order valence-electron chi connectivity index (χ4n) is 3.63. The Hall–Kier alpha value is -2.31. The zero-order chi connectivity index (χ0) is 19.3. The molecule has 1 saturated heterocycles. The van der Waals surface area contributed by atoms with E-state index in [0.29, 0.717) is 12.8 Å². The topological polar surface area (TPSA) is 36.4 Å². The number of hydrogen-bond acceptors (Lipinski definition) is 4. The minimum Gasteiger partial charge on any atom is -0.341 e. The van der Waals surface area contributed by atoms with Crippen molar-refractivity contribution in [1.29, 1.82) is 0 Å². The van der Waals surface area contributed by atoms with Gasteiger partial charge in [-0.25, -0.2) is 9.37 Å². The number of thiazole rings is 1. The lowest BCUT2D eigenvalue weighted by Gasteiger charge is -2.22. The predicted octanol–water partition coefficient (Wildman–Crippen LogP) is 4.10. The Morgan fingerprint density at radius 1 is 1.04 bits per heavy atom. The summed E-state index contributed by atoms with van der Waals surface area (Å²) in [6, 6.07) is 14.8. The second-order valence-corrected chi connectivity index (χ2v) is 8.33. The Kier molecular flexibility index (Phi) is 5.98. The van der Waals surface area contributed by atoms with Crippen LogP contribution in [0.15, 0.2) is 48.5 Å². The molecule has 0 radical (unpaired) electrons. The van der Waals surface area contributed by atoms with Crippen LogP contribution < -0.4 is 0 Å². The third-order valence-electron chi connectivity index (χ3n) is 5.15. The average molecular weight is 398 g/mol. The van der Waals surface area contributed by atoms with E-state index in [2.05, 4.69) is 16.0 Å². The summed E-state index contributed by atoms with van der Waals surface area (Å²) in [6.07, 6.45) is 2.18. The molecule has 1 aliphatic heterocycles. The maximum absolute atomic E-state index is 13.1. The van der Waals surface area contributed by atoms with Gasteiger partial charge >= 0.3 is 0 Å². The quantitative estimate of drug-likeness (QED) is 0.650. The standard InChI is InChI=1S/C22H24FN3OS/c23-18-8-6-17(7-9-18)16-25-12-3-13-26(15-14-25)22(27)11-10-21-24-19-4-1-2-5-20(19)28-21/h1-2,4-9H,3,10-16H2. The third kappa shape index (κ3) is 4.75. The Morgan fingerprint density at radius 2 is 1.86 bits per heavy atom. The zero-order valence-corrected chi connectivity index (χ0v) is 16.6. The molecule has 28 heavy (non-hydrogen) atoms. The molecule has 6 heteroatoms. The monoisotopic (exact) mass is 397 g/mol. The summed E-state index contributed by atoms with van der Waals surface area (Å²) < 4.78 is 14.2. The summed E-state index contributed by atoms with van der Waals surface area (Å²) >= 11 is 1.68. The molecule has 0 aliphatic carbocycles. The van der Waals surface area contributed by atoms with Gasteiger partial charge in [0.15, 0.2) is 0 Å². The molecule has 4 nitrogen and oxygen atoms in total. The van der Waals surface area contributed by atoms with E-state index in [1.165, 1.54) is 16.8 Å². The lowest BCUT2D eigenvalue weighted by atomic mass is 10.2. The molecule has 1 aromatic heterocycles. The van der Waals surface area contributed by atoms with E-state index in [0.717, 1.165) is 55.2 Å². The molecule has 0 N–H and O–H groups in total. The van der Waals surface area contributed by atoms with Crippen molar-refractivity contribution < 1.29 is 9.18 Å². The fourth-order valence-corrected chi connectivity index (χ4v) is 4.59. The molecular formula is C22H24FN3OS. The lowest BCUT2D eigenvalue weighted by Crippen LogP contribution is -2.35. The van der Waals surface area contributed by atoms with Crippen molar-refractivity contribution in [3.63, 3.8) is 0 Å². The van der Waals surface area contributed by atoms with Gasteiger partial charge in [0.1, 0.15) is 5.82 Å². The van der Waals surface area contributed by atoms with Gasteiger partial charge in [-0.2, -0.15) is 0 Å². The van der Waals surface area contributed by atoms with Crippen molar-refractivity contribution >= 4 is 27.5 Å². The number of benzene rings is 2. The van der Waals surface area contributed by atoms with E-state index >= 15 is 0 Å². The number of carbonyl (C=O) groups is 1. The Labute approximate surface area is 168 Å². The molecule has 4 rings (SSSR count). The molecule has 2 aromatic carbocycles. The van der Waals surface area contributed by atoms with E-state index in [1.807, 2.05) is 35.2 Å². The van der Waals surface area contributed by atoms with Crippen LogP contribution in [0.25, 0.3) is 10.2 Å². The zero-order valence-electron chi connectivity index (χ0n) is 15.8. The molecule has 1 fully saturated rings. The van der Waals surface area contributed by atoms with E-state index in [-0.39, 0.29) is 11.7 Å². The lowest BCUT2D eigenvalue weighted by molar-refractivity contribution is -0.131. The van der Waals surface area contributed by atoms with E-state index in [9.17, 15) is 9.18 Å². The first-order valence-corrected chi connectivity index (χ1v) is 10.6. The molecular weight excluding hydrogens is 373 g/mol. The highest BCUT2D eigenvalue weighted by atomic mass is 32.1. The Morgan fingerprint density at radius 3 is 2.68 bits per heavy atom. The summed E-state index contributed by atoms with van der Waals surface area (Å²) in [5, 5.41) is 1.03. The van der Waals surface area contributed by atoms with Crippen LogP contribution in [-0.2, 0) is 17.8 Å². The maximum Gasteiger partial charge on any atom is 0.223 e. The van der Waals surface area contributed by atoms with Gasteiger partial charge < -0.3 is 4.90 Å². The van der Waals surface area contributed by atoms with E-state index in [1.54, 1.807) is 11.3 Å². The average Bonchev–Trinajstić information content (AvgIpc) is 2.98. The molecule has 1 aliphatic rings. The Bertz CT molecular complexity index is 907. The van der Waals surface area contributed by atoms with Crippen LogP contribution in [0.5, 0.6) is 0 Å². The van der Waals surface area contributed by atoms with Crippen molar-refractivity contribution in [3.05, 3.63) is 64.9 Å². The number of para-hydroxylation sites is 1. The van der Waals surface area contributed by atoms with Crippen LogP contribution in [-0.4, -0.2) is 46.9 Å². The van der Waals surface area contributed by atoms with Gasteiger partial charge in [0.25, 0.3) is 0 Å². The van der Waals surface area contributed by atoms with E-state index < -0.39 is 0 Å². The Balaban J connectivity index is 1.28. The summed E-state index contributed by atoms with van der Waals surface area (Å²) in [6.45, 7) is 4.16. The largest absolute Gasteiger partial charge is 0.341 e. The second-order valence-electron chi connectivity index (χ2n) is 7.21. The number of hydrogen-bond donors (Lipinski definition) is 0. The third-order valence-corrected chi connectivity index (χ3v) is 6.25. The summed E-state index contributed by atoms with van der Waals surface area (Å²) in [5.74, 6) is 0.00685. The number of aryl methyl sites for hydroxylation is 1. The van der Waals surface area contributed by atoms with Gasteiger partial charge in [-0.3, -0.25) is 9.69 Å². The second kappa shape index (κ2) is 8.80. The molecule has 0 atom stereocenters. The molecule has 1 amide bonds. The number of carbonyl (C=O) groups excluding carboxylic acids is 1. The number of halogens is 1. The normalized spacial score (nSPS) is 15.7. The SMILES string of the molecule is O=C(CCc1nc2ccccc2s1)N1CCCN(Cc2ccc(F)cc2)CC1. The van der Waals surface area contributed by atoms with Crippen molar-refractivity contribution in [2.45, 2.75) is 25.8 Å². The van der Waals surface area contributed by atoms with Gasteiger partial charge in [0.05, 0.1) is 15.2 Å². The van der Waals surface area contributed by atoms with Crippen LogP contribution in [0.4, 0.5) is 4.39 Å². The molecule has 0 bridgehead atoms. The van der Waals surface area contributed by atoms with Gasteiger partial charge in [-0.15, -0.1) is 11.3 Å². The van der Waals surface area contributed by atoms with Gasteiger partial charge in [-0.1, -0.05) is 24.3 Å². The van der Waals surface area contributed by atoms with Gasteiger partial charge in [0.2, 0.25) is 5.91 Å². The molecule has 3 aromatic rings. The van der Waals surface area contributed by atoms with Crippen LogP contribution in [0.3, 0.4) is 0 Å². The smallest absolute Gasteiger partial charge is 0.223 e. The minimum atomic E-state index is -0.204. The fraction of sp³-hybridized carbons (Fsp3) is 0.364. The van der Waals surface area contributed by atoms with Crippen LogP contribution in [0, 0.1) is 5.82 Å². The van der Waals surface area contributed by atoms with E-state index in [4.69, 9.17) is 0 Å². The van der Waals surface area contributed by atoms with Crippen LogP contribution in [0.1, 0.15) is 23.4 Å². The number of rotatable bonds is 5. The first-order valence-electron chi connectivity index (χ1n) is 9.76. The van der Waals surface area contributed by atoms with Crippen molar-refractivity contribution in [2.75, 3.05) is 26.2 Å². The molecule has 0 spiro atoms. The number of aromatic nitrogens is 1. The number of nitrogens with zero attached hydrogens (tertiary/aromatic N) is 3. The molecule has 0 unspecified atom stereocenters. The van der Waals surface area contributed by atoms with Crippen LogP contribution in [0.2, 0.25) is 0 Å². The summed E-state index contributed by atoms with van der Waals surface area (Å²) in [7, 11) is 0. The summed E-state index contributed by atoms with van der Waals surface area (Å²) in [4.78, 5) is 21.6. The van der Waals surface area contributed by atoms with Crippen LogP contribution >= 0.6 is 11.3 Å². The van der Waals surface area contributed by atoms with Gasteiger partial charge in [-0.05, 0) is 36.2 Å².